The molecule has 2 atom stereocenters. The summed E-state index contributed by atoms with van der Waals surface area (Å²) in [6, 6.07) is 28.6. The number of hydrogen-bond acceptors (Lipinski definition) is 5. The summed E-state index contributed by atoms with van der Waals surface area (Å²) in [5.41, 5.74) is 3.37. The number of aliphatic imine (C=N–C) groups is 1. The average molecular weight is 534 g/mol. The maximum atomic E-state index is 14.4. The second kappa shape index (κ2) is 8.44. The summed E-state index contributed by atoms with van der Waals surface area (Å²) in [4.78, 5) is 45.4. The van der Waals surface area contributed by atoms with Gasteiger partial charge in [0.1, 0.15) is 0 Å². The fourth-order valence-electron chi connectivity index (χ4n) is 6.78. The van der Waals surface area contributed by atoms with Crippen molar-refractivity contribution in [2.24, 2.45) is 16.8 Å². The van der Waals surface area contributed by atoms with Crippen molar-refractivity contribution in [2.75, 3.05) is 4.90 Å². The monoisotopic (exact) mass is 533 g/mol. The Morgan fingerprint density at radius 1 is 0.846 bits per heavy atom. The van der Waals surface area contributed by atoms with Crippen LogP contribution in [0.4, 0.5) is 17.1 Å². The van der Waals surface area contributed by atoms with E-state index < -0.39 is 22.2 Å². The molecule has 0 saturated carbocycles. The SMILES string of the molecule is O=C1[C@@H]2C3c4ccccc4C(C=Nc4cccc([N+](=O)[O-])c4)(c4ccccc43)[C@@H]2C(=O)N1c1ccccc1Cl. The molecule has 4 aromatic rings. The minimum atomic E-state index is -1.07. The minimum Gasteiger partial charge on any atom is -0.274 e. The van der Waals surface area contributed by atoms with Crippen molar-refractivity contribution in [1.29, 1.82) is 0 Å². The van der Waals surface area contributed by atoms with Crippen LogP contribution in [0.25, 0.3) is 0 Å². The van der Waals surface area contributed by atoms with Crippen LogP contribution in [0.15, 0.2) is 102 Å². The number of anilines is 1. The van der Waals surface area contributed by atoms with E-state index in [1.165, 1.54) is 17.0 Å². The van der Waals surface area contributed by atoms with Gasteiger partial charge in [0.15, 0.2) is 0 Å². The number of carbonyl (C=O) groups is 2. The van der Waals surface area contributed by atoms with Crippen molar-refractivity contribution >= 4 is 46.7 Å². The van der Waals surface area contributed by atoms with Crippen LogP contribution in [-0.2, 0) is 15.0 Å². The van der Waals surface area contributed by atoms with Crippen LogP contribution in [-0.4, -0.2) is 23.0 Å². The molecule has 1 aliphatic heterocycles. The van der Waals surface area contributed by atoms with Crippen molar-refractivity contribution in [2.45, 2.75) is 11.3 Å². The summed E-state index contributed by atoms with van der Waals surface area (Å²) in [6.45, 7) is 0. The highest BCUT2D eigenvalue weighted by molar-refractivity contribution is 6.36. The molecule has 2 bridgehead atoms. The lowest BCUT2D eigenvalue weighted by molar-refractivity contribution is -0.384. The van der Waals surface area contributed by atoms with Crippen LogP contribution in [0, 0.1) is 22.0 Å². The highest BCUT2D eigenvalue weighted by Gasteiger charge is 2.68. The quantitative estimate of drug-likeness (QED) is 0.135. The first kappa shape index (κ1) is 23.5. The first-order valence-corrected chi connectivity index (χ1v) is 12.9. The van der Waals surface area contributed by atoms with Crippen LogP contribution in [0.1, 0.15) is 28.2 Å². The molecule has 0 aromatic heterocycles. The number of carbonyl (C=O) groups excluding carboxylic acids is 2. The Hall–Kier alpha value is -4.62. The molecule has 4 aromatic carbocycles. The van der Waals surface area contributed by atoms with E-state index >= 15 is 0 Å². The molecule has 0 unspecified atom stereocenters. The lowest BCUT2D eigenvalue weighted by atomic mass is 9.47. The fourth-order valence-corrected chi connectivity index (χ4v) is 7.00. The second-order valence-corrected chi connectivity index (χ2v) is 10.4. The topological polar surface area (TPSA) is 92.9 Å². The molecule has 0 N–H and O–H groups in total. The van der Waals surface area contributed by atoms with Crippen molar-refractivity contribution in [1.82, 2.24) is 0 Å². The smallest absolute Gasteiger partial charge is 0.271 e. The molecule has 1 fully saturated rings. The number of para-hydroxylation sites is 1. The van der Waals surface area contributed by atoms with Gasteiger partial charge in [-0.2, -0.15) is 0 Å². The average Bonchev–Trinajstić information content (AvgIpc) is 3.23. The number of imide groups is 1. The van der Waals surface area contributed by atoms with Crippen molar-refractivity contribution in [3.8, 4) is 0 Å². The van der Waals surface area contributed by atoms with Gasteiger partial charge in [-0.05, 0) is 40.5 Å². The second-order valence-electron chi connectivity index (χ2n) is 10.0. The molecule has 7 nitrogen and oxygen atoms in total. The normalized spacial score (nSPS) is 24.5. The number of rotatable bonds is 4. The molecule has 2 amide bonds. The van der Waals surface area contributed by atoms with Crippen LogP contribution >= 0.6 is 11.6 Å². The molecule has 8 rings (SSSR count). The molecule has 8 heteroatoms. The first-order valence-electron chi connectivity index (χ1n) is 12.5. The Labute approximate surface area is 228 Å². The molecule has 0 spiro atoms. The fraction of sp³-hybridized carbons (Fsp3) is 0.129. The molecule has 190 valence electrons. The standard InChI is InChI=1S/C31H20ClN3O4/c32-24-14-5-6-15-25(24)34-29(36)27-26-20-10-1-3-12-22(20)31(28(27)30(34)37,23-13-4-2-11-21(23)26)17-33-18-8-7-9-19(16-18)35(38)39/h1-17,26-28H/t26?,27-,28+,31?/m1/s1. The molecule has 1 heterocycles. The minimum absolute atomic E-state index is 0.0785. The summed E-state index contributed by atoms with van der Waals surface area (Å²) in [5.74, 6) is -2.36. The predicted molar refractivity (Wildman–Crippen MR) is 148 cm³/mol. The molecule has 1 saturated heterocycles. The van der Waals surface area contributed by atoms with Crippen LogP contribution in [0.3, 0.4) is 0 Å². The zero-order chi connectivity index (χ0) is 26.9. The Kier molecular flexibility index (Phi) is 5.09. The summed E-state index contributed by atoms with van der Waals surface area (Å²) >= 11 is 6.49. The van der Waals surface area contributed by atoms with Crippen LogP contribution in [0.5, 0.6) is 0 Å². The lowest BCUT2D eigenvalue weighted by Crippen LogP contribution is -2.54. The van der Waals surface area contributed by atoms with Crippen molar-refractivity contribution in [3.63, 3.8) is 0 Å². The van der Waals surface area contributed by atoms with Gasteiger partial charge in [0, 0.05) is 24.3 Å². The van der Waals surface area contributed by atoms with E-state index in [2.05, 4.69) is 0 Å². The Balaban J connectivity index is 1.50. The molecular formula is C31H20ClN3O4. The van der Waals surface area contributed by atoms with Gasteiger partial charge in [0.25, 0.3) is 5.69 Å². The third kappa shape index (κ3) is 3.14. The van der Waals surface area contributed by atoms with E-state index in [-0.39, 0.29) is 23.4 Å². The molecular weight excluding hydrogens is 514 g/mol. The number of nitrogens with zero attached hydrogens (tertiary/aromatic N) is 3. The van der Waals surface area contributed by atoms with E-state index in [4.69, 9.17) is 16.6 Å². The van der Waals surface area contributed by atoms with E-state index in [9.17, 15) is 19.7 Å². The molecule has 39 heavy (non-hydrogen) atoms. The van der Waals surface area contributed by atoms with Gasteiger partial charge >= 0.3 is 0 Å². The number of nitro groups is 1. The van der Waals surface area contributed by atoms with E-state index in [0.717, 1.165) is 22.3 Å². The number of non-ortho nitro benzene ring substituents is 1. The zero-order valence-electron chi connectivity index (χ0n) is 20.4. The summed E-state index contributed by atoms with van der Waals surface area (Å²) in [7, 11) is 0. The summed E-state index contributed by atoms with van der Waals surface area (Å²) < 4.78 is 0. The van der Waals surface area contributed by atoms with Crippen molar-refractivity contribution < 1.29 is 14.5 Å². The number of amides is 2. The maximum Gasteiger partial charge on any atom is 0.271 e. The van der Waals surface area contributed by atoms with Gasteiger partial charge in [-0.1, -0.05) is 78.3 Å². The largest absolute Gasteiger partial charge is 0.274 e. The number of benzene rings is 4. The van der Waals surface area contributed by atoms with Gasteiger partial charge in [0.05, 0.1) is 38.6 Å². The molecule has 4 aliphatic rings. The summed E-state index contributed by atoms with van der Waals surface area (Å²) in [5, 5.41) is 11.7. The number of nitro benzene ring substituents is 1. The van der Waals surface area contributed by atoms with E-state index in [1.807, 2.05) is 48.5 Å². The maximum absolute atomic E-state index is 14.4. The third-order valence-corrected chi connectivity index (χ3v) is 8.55. The predicted octanol–water partition coefficient (Wildman–Crippen LogP) is 6.20. The third-order valence-electron chi connectivity index (χ3n) is 8.23. The summed E-state index contributed by atoms with van der Waals surface area (Å²) in [6.07, 6.45) is 1.72. The first-order chi connectivity index (χ1) is 18.9. The van der Waals surface area contributed by atoms with Crippen LogP contribution in [0.2, 0.25) is 5.02 Å². The van der Waals surface area contributed by atoms with Gasteiger partial charge in [0.2, 0.25) is 11.8 Å². The van der Waals surface area contributed by atoms with Gasteiger partial charge < -0.3 is 0 Å². The van der Waals surface area contributed by atoms with Crippen LogP contribution < -0.4 is 4.90 Å². The van der Waals surface area contributed by atoms with Gasteiger partial charge in [-0.15, -0.1) is 0 Å². The molecule has 0 radical (unpaired) electrons. The highest BCUT2D eigenvalue weighted by atomic mass is 35.5. The lowest BCUT2D eigenvalue weighted by Gasteiger charge is -2.52. The highest BCUT2D eigenvalue weighted by Crippen LogP contribution is 2.64. The molecule has 3 aliphatic carbocycles. The number of hydrogen-bond donors (Lipinski definition) is 0. The zero-order valence-corrected chi connectivity index (χ0v) is 21.2. The Morgan fingerprint density at radius 2 is 1.49 bits per heavy atom. The number of halogens is 1. The van der Waals surface area contributed by atoms with Gasteiger partial charge in [-0.3, -0.25) is 24.7 Å². The Bertz CT molecular complexity index is 1700. The van der Waals surface area contributed by atoms with E-state index in [0.29, 0.717) is 16.4 Å². The van der Waals surface area contributed by atoms with E-state index in [1.54, 1.807) is 42.6 Å². The Morgan fingerprint density at radius 3 is 2.15 bits per heavy atom. The van der Waals surface area contributed by atoms with Gasteiger partial charge in [-0.25, -0.2) is 4.90 Å². The van der Waals surface area contributed by atoms with Crippen molar-refractivity contribution in [3.05, 3.63) is 134 Å².